The predicted molar refractivity (Wildman–Crippen MR) is 112 cm³/mol. The smallest absolute Gasteiger partial charge is 0.270 e. The van der Waals surface area contributed by atoms with Gasteiger partial charge in [-0.05, 0) is 41.3 Å². The van der Waals surface area contributed by atoms with Crippen LogP contribution in [-0.2, 0) is 0 Å². The number of fused-ring (bicyclic) bond motifs is 3. The van der Waals surface area contributed by atoms with Crippen LogP contribution in [-0.4, -0.2) is 14.9 Å². The lowest BCUT2D eigenvalue weighted by molar-refractivity contribution is -0.384. The number of hydrogen-bond donors (Lipinski definition) is 2. The quantitative estimate of drug-likeness (QED) is 0.345. The zero-order chi connectivity index (χ0) is 19.7. The number of nitro groups is 1. The van der Waals surface area contributed by atoms with E-state index in [2.05, 4.69) is 29.0 Å². The van der Waals surface area contributed by atoms with Crippen LogP contribution in [0, 0.1) is 10.1 Å². The Morgan fingerprint density at radius 2 is 1.96 bits per heavy atom. The Hall–Kier alpha value is -3.25. The number of rotatable bonds is 6. The number of aromatic amines is 1. The minimum absolute atomic E-state index is 0.0262. The Morgan fingerprint density at radius 3 is 2.75 bits per heavy atom. The SMILES string of the molecule is CCCCC(N)c1cnc2[nH]c3ccc(-c4cccc([N+](=O)[O-])c4)cc3c2c1. The summed E-state index contributed by atoms with van der Waals surface area (Å²) in [5, 5.41) is 13.1. The lowest BCUT2D eigenvalue weighted by Crippen LogP contribution is -2.10. The minimum atomic E-state index is -0.373. The Balaban J connectivity index is 1.80. The summed E-state index contributed by atoms with van der Waals surface area (Å²) in [6.07, 6.45) is 4.98. The minimum Gasteiger partial charge on any atom is -0.339 e. The maximum atomic E-state index is 11.1. The third-order valence-electron chi connectivity index (χ3n) is 5.16. The van der Waals surface area contributed by atoms with E-state index in [1.807, 2.05) is 24.4 Å². The highest BCUT2D eigenvalue weighted by atomic mass is 16.6. The average molecular weight is 374 g/mol. The predicted octanol–water partition coefficient (Wildman–Crippen LogP) is 5.48. The molecule has 4 rings (SSSR count). The van der Waals surface area contributed by atoms with Crippen molar-refractivity contribution in [3.63, 3.8) is 0 Å². The molecule has 6 nitrogen and oxygen atoms in total. The van der Waals surface area contributed by atoms with Gasteiger partial charge in [0, 0.05) is 40.7 Å². The molecule has 3 N–H and O–H groups in total. The van der Waals surface area contributed by atoms with Gasteiger partial charge in [0.25, 0.3) is 5.69 Å². The van der Waals surface area contributed by atoms with Crippen molar-refractivity contribution in [1.82, 2.24) is 9.97 Å². The van der Waals surface area contributed by atoms with Crippen LogP contribution < -0.4 is 5.73 Å². The molecular formula is C22H22N4O2. The number of aromatic nitrogens is 2. The second-order valence-corrected chi connectivity index (χ2v) is 7.11. The maximum absolute atomic E-state index is 11.1. The van der Waals surface area contributed by atoms with Crippen molar-refractivity contribution in [1.29, 1.82) is 0 Å². The standard InChI is InChI=1S/C22H22N4O2/c1-2-3-7-20(23)16-12-19-18-11-15(8-9-21(18)25-22(19)24-13-16)14-5-4-6-17(10-14)26(27)28/h4-6,8-13,20H,2-3,7,23H2,1H3,(H,24,25). The Morgan fingerprint density at radius 1 is 1.14 bits per heavy atom. The van der Waals surface area contributed by atoms with E-state index in [-0.39, 0.29) is 16.7 Å². The van der Waals surface area contributed by atoms with E-state index in [9.17, 15) is 10.1 Å². The molecule has 0 saturated carbocycles. The summed E-state index contributed by atoms with van der Waals surface area (Å²) in [5.74, 6) is 0. The van der Waals surface area contributed by atoms with Crippen LogP contribution in [0.1, 0.15) is 37.8 Å². The first-order valence-electron chi connectivity index (χ1n) is 9.48. The van der Waals surface area contributed by atoms with Crippen LogP contribution in [0.4, 0.5) is 5.69 Å². The molecule has 6 heteroatoms. The van der Waals surface area contributed by atoms with E-state index in [0.29, 0.717) is 0 Å². The number of hydrogen-bond acceptors (Lipinski definition) is 4. The van der Waals surface area contributed by atoms with Crippen LogP contribution in [0.3, 0.4) is 0 Å². The van der Waals surface area contributed by atoms with Crippen LogP contribution in [0.15, 0.2) is 54.7 Å². The van der Waals surface area contributed by atoms with Crippen molar-refractivity contribution in [2.75, 3.05) is 0 Å². The highest BCUT2D eigenvalue weighted by molar-refractivity contribution is 6.07. The molecule has 28 heavy (non-hydrogen) atoms. The molecule has 2 aromatic heterocycles. The number of H-pyrrole nitrogens is 1. The molecule has 0 aliphatic carbocycles. The number of non-ortho nitro benzene ring substituents is 1. The highest BCUT2D eigenvalue weighted by Crippen LogP contribution is 2.32. The van der Waals surface area contributed by atoms with Gasteiger partial charge in [-0.2, -0.15) is 0 Å². The van der Waals surface area contributed by atoms with Gasteiger partial charge in [0.1, 0.15) is 5.65 Å². The monoisotopic (exact) mass is 374 g/mol. The van der Waals surface area contributed by atoms with Gasteiger partial charge in [-0.3, -0.25) is 10.1 Å². The van der Waals surface area contributed by atoms with Gasteiger partial charge in [-0.25, -0.2) is 4.98 Å². The van der Waals surface area contributed by atoms with Gasteiger partial charge < -0.3 is 10.7 Å². The average Bonchev–Trinajstić information content (AvgIpc) is 3.09. The summed E-state index contributed by atoms with van der Waals surface area (Å²) in [6.45, 7) is 2.16. The summed E-state index contributed by atoms with van der Waals surface area (Å²) in [6, 6.07) is 14.8. The number of unbranched alkanes of at least 4 members (excludes halogenated alkanes) is 1. The zero-order valence-electron chi connectivity index (χ0n) is 15.7. The van der Waals surface area contributed by atoms with Gasteiger partial charge in [0.2, 0.25) is 0 Å². The summed E-state index contributed by atoms with van der Waals surface area (Å²) in [7, 11) is 0. The van der Waals surface area contributed by atoms with Crippen molar-refractivity contribution in [2.45, 2.75) is 32.2 Å². The molecule has 0 amide bonds. The molecule has 142 valence electrons. The van der Waals surface area contributed by atoms with Gasteiger partial charge in [0.15, 0.2) is 0 Å². The third kappa shape index (κ3) is 3.34. The van der Waals surface area contributed by atoms with E-state index in [1.165, 1.54) is 6.07 Å². The highest BCUT2D eigenvalue weighted by Gasteiger charge is 2.13. The molecule has 0 radical (unpaired) electrons. The molecular weight excluding hydrogens is 352 g/mol. The molecule has 0 bridgehead atoms. The molecule has 1 atom stereocenters. The van der Waals surface area contributed by atoms with Crippen molar-refractivity contribution in [2.24, 2.45) is 5.73 Å². The van der Waals surface area contributed by atoms with Crippen molar-refractivity contribution in [3.8, 4) is 11.1 Å². The van der Waals surface area contributed by atoms with Gasteiger partial charge in [-0.1, -0.05) is 38.0 Å². The van der Waals surface area contributed by atoms with Crippen LogP contribution in [0.5, 0.6) is 0 Å². The Kier molecular flexibility index (Phi) is 4.79. The number of nitrogens with two attached hydrogens (primary N) is 1. The zero-order valence-corrected chi connectivity index (χ0v) is 15.7. The molecule has 0 spiro atoms. The normalized spacial score (nSPS) is 12.5. The molecule has 2 aromatic carbocycles. The molecule has 0 fully saturated rings. The first kappa shape index (κ1) is 18.1. The topological polar surface area (TPSA) is 97.8 Å². The van der Waals surface area contributed by atoms with Crippen molar-refractivity contribution < 1.29 is 4.92 Å². The van der Waals surface area contributed by atoms with Crippen LogP contribution in [0.2, 0.25) is 0 Å². The second-order valence-electron chi connectivity index (χ2n) is 7.11. The van der Waals surface area contributed by atoms with Gasteiger partial charge >= 0.3 is 0 Å². The first-order chi connectivity index (χ1) is 13.6. The summed E-state index contributed by atoms with van der Waals surface area (Å²) >= 11 is 0. The first-order valence-corrected chi connectivity index (χ1v) is 9.48. The molecule has 0 aliphatic rings. The third-order valence-corrected chi connectivity index (χ3v) is 5.16. The summed E-state index contributed by atoms with van der Waals surface area (Å²) in [5.41, 5.74) is 11.0. The molecule has 0 aliphatic heterocycles. The lowest BCUT2D eigenvalue weighted by atomic mass is 10.0. The molecule has 0 saturated heterocycles. The molecule has 1 unspecified atom stereocenters. The summed E-state index contributed by atoms with van der Waals surface area (Å²) in [4.78, 5) is 18.6. The number of benzene rings is 2. The number of nitrogens with zero attached hydrogens (tertiary/aromatic N) is 2. The van der Waals surface area contributed by atoms with E-state index >= 15 is 0 Å². The van der Waals surface area contributed by atoms with Gasteiger partial charge in [-0.15, -0.1) is 0 Å². The number of nitrogens with one attached hydrogen (secondary N) is 1. The Bertz CT molecular complexity index is 1170. The Labute approximate surface area is 162 Å². The second kappa shape index (κ2) is 7.40. The fourth-order valence-electron chi connectivity index (χ4n) is 3.56. The maximum Gasteiger partial charge on any atom is 0.270 e. The van der Waals surface area contributed by atoms with E-state index in [0.717, 1.165) is 57.9 Å². The van der Waals surface area contributed by atoms with E-state index in [1.54, 1.807) is 12.1 Å². The van der Waals surface area contributed by atoms with E-state index < -0.39 is 0 Å². The number of pyridine rings is 1. The largest absolute Gasteiger partial charge is 0.339 e. The lowest BCUT2D eigenvalue weighted by Gasteiger charge is -2.10. The fraction of sp³-hybridized carbons (Fsp3) is 0.227. The fourth-order valence-corrected chi connectivity index (χ4v) is 3.56. The number of nitro benzene ring substituents is 1. The summed E-state index contributed by atoms with van der Waals surface area (Å²) < 4.78 is 0. The molecule has 4 aromatic rings. The van der Waals surface area contributed by atoms with Crippen LogP contribution in [0.25, 0.3) is 33.1 Å². The van der Waals surface area contributed by atoms with Crippen molar-refractivity contribution in [3.05, 3.63) is 70.4 Å². The van der Waals surface area contributed by atoms with Crippen molar-refractivity contribution >= 4 is 27.6 Å². The van der Waals surface area contributed by atoms with Crippen LogP contribution >= 0.6 is 0 Å². The van der Waals surface area contributed by atoms with Gasteiger partial charge in [0.05, 0.1) is 4.92 Å². The molecule has 2 heterocycles. The van der Waals surface area contributed by atoms with E-state index in [4.69, 9.17) is 5.73 Å².